The van der Waals surface area contributed by atoms with Gasteiger partial charge in [-0.15, -0.1) is 0 Å². The number of nitrogens with zero attached hydrogens (tertiary/aromatic N) is 3. The lowest BCUT2D eigenvalue weighted by Crippen LogP contribution is -2.10. The van der Waals surface area contributed by atoms with Crippen LogP contribution in [0, 0.1) is 10.7 Å². The van der Waals surface area contributed by atoms with Gasteiger partial charge in [0.15, 0.2) is 10.6 Å². The summed E-state index contributed by atoms with van der Waals surface area (Å²) in [5.41, 5.74) is 1.07. The first-order chi connectivity index (χ1) is 9.75. The van der Waals surface area contributed by atoms with Crippen LogP contribution in [0.4, 0.5) is 0 Å². The summed E-state index contributed by atoms with van der Waals surface area (Å²) in [6.07, 6.45) is 9.84. The first kappa shape index (κ1) is 13.5. The molecule has 0 amide bonds. The van der Waals surface area contributed by atoms with Crippen molar-refractivity contribution in [2.45, 2.75) is 45.1 Å². The summed E-state index contributed by atoms with van der Waals surface area (Å²) in [5.74, 6) is 1.77. The summed E-state index contributed by atoms with van der Waals surface area (Å²) in [4.78, 5) is 4.07. The lowest BCUT2D eigenvalue weighted by Gasteiger charge is -2.18. The molecule has 2 atom stereocenters. The zero-order valence-electron chi connectivity index (χ0n) is 11.7. The Morgan fingerprint density at radius 3 is 2.80 bits per heavy atom. The predicted octanol–water partition coefficient (Wildman–Crippen LogP) is 4.14. The fourth-order valence-corrected chi connectivity index (χ4v) is 3.35. The highest BCUT2D eigenvalue weighted by Gasteiger charge is 2.21. The molecule has 0 bridgehead atoms. The second-order valence-corrected chi connectivity index (χ2v) is 6.11. The largest absolute Gasteiger partial charge is 0.297 e. The fraction of sp³-hybridized carbons (Fsp3) is 0.533. The van der Waals surface area contributed by atoms with E-state index in [0.717, 1.165) is 22.1 Å². The predicted molar refractivity (Wildman–Crippen MR) is 81.9 cm³/mol. The molecule has 0 saturated heterocycles. The Balaban J connectivity index is 1.97. The molecular weight excluding hydrogens is 268 g/mol. The Kier molecular flexibility index (Phi) is 3.96. The average Bonchev–Trinajstić information content (AvgIpc) is 2.72. The minimum Gasteiger partial charge on any atom is -0.297 e. The number of aromatic nitrogens is 4. The SMILES string of the molecule is CC1CCCC(n2c(-c3ccncc3)n[nH]c2=S)CC1. The Bertz CT molecular complexity index is 616. The van der Waals surface area contributed by atoms with Gasteiger partial charge in [-0.25, -0.2) is 0 Å². The molecule has 106 valence electrons. The summed E-state index contributed by atoms with van der Waals surface area (Å²) in [6, 6.07) is 4.44. The standard InChI is InChI=1S/C15H20N4S/c1-11-3-2-4-13(6-5-11)19-14(17-18-15(19)20)12-7-9-16-10-8-12/h7-11,13H,2-6H2,1H3,(H,18,20). The molecule has 2 aromatic heterocycles. The van der Waals surface area contributed by atoms with E-state index in [9.17, 15) is 0 Å². The molecule has 5 heteroatoms. The highest BCUT2D eigenvalue weighted by Crippen LogP contribution is 2.33. The maximum absolute atomic E-state index is 5.46. The lowest BCUT2D eigenvalue weighted by atomic mass is 10.0. The maximum atomic E-state index is 5.46. The normalized spacial score (nSPS) is 23.4. The number of hydrogen-bond donors (Lipinski definition) is 1. The van der Waals surface area contributed by atoms with Crippen LogP contribution < -0.4 is 0 Å². The first-order valence-corrected chi connectivity index (χ1v) is 7.74. The molecule has 0 radical (unpaired) electrons. The molecule has 0 aromatic carbocycles. The van der Waals surface area contributed by atoms with Crippen LogP contribution in [-0.2, 0) is 0 Å². The van der Waals surface area contributed by atoms with E-state index in [4.69, 9.17) is 12.2 Å². The van der Waals surface area contributed by atoms with Gasteiger partial charge < -0.3 is 0 Å². The van der Waals surface area contributed by atoms with Crippen LogP contribution in [-0.4, -0.2) is 19.7 Å². The van der Waals surface area contributed by atoms with Gasteiger partial charge in [-0.05, 0) is 49.5 Å². The minimum atomic E-state index is 0.467. The van der Waals surface area contributed by atoms with Crippen molar-refractivity contribution in [2.24, 2.45) is 5.92 Å². The van der Waals surface area contributed by atoms with Crippen LogP contribution in [0.3, 0.4) is 0 Å². The quantitative estimate of drug-likeness (QED) is 0.667. The highest BCUT2D eigenvalue weighted by molar-refractivity contribution is 7.71. The molecule has 2 heterocycles. The van der Waals surface area contributed by atoms with Crippen molar-refractivity contribution in [3.8, 4) is 11.4 Å². The van der Waals surface area contributed by atoms with Crippen molar-refractivity contribution in [2.75, 3.05) is 0 Å². The molecule has 0 aliphatic heterocycles. The van der Waals surface area contributed by atoms with Crippen molar-refractivity contribution in [3.05, 3.63) is 29.3 Å². The summed E-state index contributed by atoms with van der Waals surface area (Å²) in [6.45, 7) is 2.35. The van der Waals surface area contributed by atoms with Crippen molar-refractivity contribution in [1.29, 1.82) is 0 Å². The van der Waals surface area contributed by atoms with Gasteiger partial charge in [0.05, 0.1) is 0 Å². The van der Waals surface area contributed by atoms with Crippen molar-refractivity contribution >= 4 is 12.2 Å². The van der Waals surface area contributed by atoms with E-state index in [1.807, 2.05) is 12.1 Å². The van der Waals surface area contributed by atoms with Gasteiger partial charge in [-0.2, -0.15) is 5.10 Å². The zero-order valence-corrected chi connectivity index (χ0v) is 12.6. The Morgan fingerprint density at radius 1 is 1.20 bits per heavy atom. The van der Waals surface area contributed by atoms with E-state index in [1.165, 1.54) is 32.1 Å². The van der Waals surface area contributed by atoms with Gasteiger partial charge in [-0.3, -0.25) is 14.6 Å². The van der Waals surface area contributed by atoms with Gasteiger partial charge in [0, 0.05) is 24.0 Å². The minimum absolute atomic E-state index is 0.467. The van der Waals surface area contributed by atoms with E-state index < -0.39 is 0 Å². The third-order valence-corrected chi connectivity index (χ3v) is 4.52. The van der Waals surface area contributed by atoms with Crippen LogP contribution in [0.5, 0.6) is 0 Å². The summed E-state index contributed by atoms with van der Waals surface area (Å²) >= 11 is 5.46. The number of nitrogens with one attached hydrogen (secondary N) is 1. The van der Waals surface area contributed by atoms with Crippen molar-refractivity contribution < 1.29 is 0 Å². The van der Waals surface area contributed by atoms with Gasteiger partial charge in [0.1, 0.15) is 0 Å². The summed E-state index contributed by atoms with van der Waals surface area (Å²) in [5, 5.41) is 7.39. The first-order valence-electron chi connectivity index (χ1n) is 7.33. The molecule has 1 saturated carbocycles. The second-order valence-electron chi connectivity index (χ2n) is 5.73. The fourth-order valence-electron chi connectivity index (χ4n) is 3.07. The van der Waals surface area contributed by atoms with E-state index in [-0.39, 0.29) is 0 Å². The molecule has 3 rings (SSSR count). The summed E-state index contributed by atoms with van der Waals surface area (Å²) < 4.78 is 2.94. The maximum Gasteiger partial charge on any atom is 0.195 e. The smallest absolute Gasteiger partial charge is 0.195 e. The Labute approximate surface area is 124 Å². The van der Waals surface area contributed by atoms with E-state index in [0.29, 0.717) is 6.04 Å². The number of rotatable bonds is 2. The van der Waals surface area contributed by atoms with E-state index in [2.05, 4.69) is 26.7 Å². The van der Waals surface area contributed by atoms with Gasteiger partial charge in [0.2, 0.25) is 0 Å². The highest BCUT2D eigenvalue weighted by atomic mass is 32.1. The zero-order chi connectivity index (χ0) is 13.9. The third-order valence-electron chi connectivity index (χ3n) is 4.24. The summed E-state index contributed by atoms with van der Waals surface area (Å²) in [7, 11) is 0. The molecule has 2 unspecified atom stereocenters. The molecule has 4 nitrogen and oxygen atoms in total. The van der Waals surface area contributed by atoms with Gasteiger partial charge in [0.25, 0.3) is 0 Å². The molecular formula is C15H20N4S. The molecule has 1 fully saturated rings. The van der Waals surface area contributed by atoms with Crippen LogP contribution >= 0.6 is 12.2 Å². The lowest BCUT2D eigenvalue weighted by molar-refractivity contribution is 0.431. The molecule has 20 heavy (non-hydrogen) atoms. The molecule has 1 aliphatic rings. The average molecular weight is 288 g/mol. The topological polar surface area (TPSA) is 46.5 Å². The van der Waals surface area contributed by atoms with Crippen molar-refractivity contribution in [3.63, 3.8) is 0 Å². The van der Waals surface area contributed by atoms with Crippen LogP contribution in [0.15, 0.2) is 24.5 Å². The van der Waals surface area contributed by atoms with Crippen LogP contribution in [0.1, 0.15) is 45.1 Å². The third kappa shape index (κ3) is 2.68. The molecule has 2 aromatic rings. The monoisotopic (exact) mass is 288 g/mol. The van der Waals surface area contributed by atoms with E-state index >= 15 is 0 Å². The molecule has 1 aliphatic carbocycles. The Morgan fingerprint density at radius 2 is 2.00 bits per heavy atom. The number of pyridine rings is 1. The van der Waals surface area contributed by atoms with Gasteiger partial charge in [-0.1, -0.05) is 19.8 Å². The van der Waals surface area contributed by atoms with Crippen molar-refractivity contribution in [1.82, 2.24) is 19.7 Å². The van der Waals surface area contributed by atoms with Crippen LogP contribution in [0.25, 0.3) is 11.4 Å². The Hall–Kier alpha value is -1.49. The number of aromatic amines is 1. The number of H-pyrrole nitrogens is 1. The number of hydrogen-bond acceptors (Lipinski definition) is 3. The second kappa shape index (κ2) is 5.87. The molecule has 1 N–H and O–H groups in total. The van der Waals surface area contributed by atoms with E-state index in [1.54, 1.807) is 12.4 Å². The molecule has 0 spiro atoms. The van der Waals surface area contributed by atoms with Crippen LogP contribution in [0.2, 0.25) is 0 Å². The van der Waals surface area contributed by atoms with Gasteiger partial charge >= 0.3 is 0 Å².